The van der Waals surface area contributed by atoms with E-state index in [1.807, 2.05) is 0 Å². The van der Waals surface area contributed by atoms with E-state index >= 15 is 0 Å². The highest BCUT2D eigenvalue weighted by molar-refractivity contribution is 6.04. The zero-order valence-electron chi connectivity index (χ0n) is 21.4. The summed E-state index contributed by atoms with van der Waals surface area (Å²) >= 11 is 0. The van der Waals surface area contributed by atoms with Crippen LogP contribution < -0.4 is 4.90 Å². The summed E-state index contributed by atoms with van der Waals surface area (Å²) in [5.74, 6) is 0. The zero-order valence-corrected chi connectivity index (χ0v) is 21.4. The van der Waals surface area contributed by atoms with E-state index in [0.29, 0.717) is 0 Å². The molecule has 0 saturated heterocycles. The lowest BCUT2D eigenvalue weighted by atomic mass is 9.88. The van der Waals surface area contributed by atoms with Gasteiger partial charge in [-0.15, -0.1) is 0 Å². The minimum atomic E-state index is 1.01. The predicted molar refractivity (Wildman–Crippen MR) is 163 cm³/mol. The van der Waals surface area contributed by atoms with Gasteiger partial charge < -0.3 is 4.90 Å². The molecular formula is C37H27N. The molecule has 6 aromatic rings. The van der Waals surface area contributed by atoms with Crippen molar-refractivity contribution in [3.63, 3.8) is 0 Å². The molecule has 180 valence electrons. The third kappa shape index (κ3) is 3.64. The molecule has 0 fully saturated rings. The van der Waals surface area contributed by atoms with Crippen LogP contribution in [0.1, 0.15) is 11.1 Å². The fraction of sp³-hybridized carbons (Fsp3) is 0.0270. The van der Waals surface area contributed by atoms with Crippen molar-refractivity contribution in [2.45, 2.75) is 6.92 Å². The summed E-state index contributed by atoms with van der Waals surface area (Å²) in [5, 5.41) is 2.50. The Hall–Kier alpha value is -4.88. The fourth-order valence-corrected chi connectivity index (χ4v) is 5.69. The van der Waals surface area contributed by atoms with Gasteiger partial charge in [-0.3, -0.25) is 0 Å². The first-order valence-electron chi connectivity index (χ1n) is 13.1. The smallest absolute Gasteiger partial charge is 0.0540 e. The molecule has 0 amide bonds. The van der Waals surface area contributed by atoms with Crippen molar-refractivity contribution in [3.05, 3.63) is 151 Å². The van der Waals surface area contributed by atoms with Gasteiger partial charge in [0.15, 0.2) is 0 Å². The highest BCUT2D eigenvalue weighted by atomic mass is 15.2. The first-order valence-corrected chi connectivity index (χ1v) is 13.1. The Balaban J connectivity index is 1.35. The molecule has 1 heteroatoms. The molecular weight excluding hydrogens is 458 g/mol. The molecule has 0 saturated carbocycles. The Morgan fingerprint density at radius 1 is 0.447 bits per heavy atom. The molecule has 1 aliphatic heterocycles. The average Bonchev–Trinajstić information content (AvgIpc) is 2.98. The van der Waals surface area contributed by atoms with Crippen LogP contribution in [0.3, 0.4) is 0 Å². The Bertz CT molecular complexity index is 1840. The predicted octanol–water partition coefficient (Wildman–Crippen LogP) is 10.3. The fourth-order valence-electron chi connectivity index (χ4n) is 5.69. The van der Waals surface area contributed by atoms with Gasteiger partial charge in [0, 0.05) is 22.5 Å². The van der Waals surface area contributed by atoms with Crippen molar-refractivity contribution in [3.8, 4) is 33.4 Å². The molecule has 38 heavy (non-hydrogen) atoms. The van der Waals surface area contributed by atoms with Crippen LogP contribution in [0.5, 0.6) is 0 Å². The number of benzene rings is 6. The van der Waals surface area contributed by atoms with Crippen molar-refractivity contribution in [2.75, 3.05) is 4.90 Å². The summed E-state index contributed by atoms with van der Waals surface area (Å²) in [4.78, 5) is 2.31. The van der Waals surface area contributed by atoms with Crippen LogP contribution in [0.15, 0.2) is 140 Å². The topological polar surface area (TPSA) is 3.24 Å². The van der Waals surface area contributed by atoms with Gasteiger partial charge in [-0.25, -0.2) is 0 Å². The number of hydrogen-bond acceptors (Lipinski definition) is 1. The summed E-state index contributed by atoms with van der Waals surface area (Å²) in [6, 6.07) is 48.1. The zero-order chi connectivity index (χ0) is 25.6. The van der Waals surface area contributed by atoms with E-state index in [1.165, 1.54) is 66.7 Å². The van der Waals surface area contributed by atoms with Gasteiger partial charge in [0.05, 0.1) is 5.69 Å². The summed E-state index contributed by atoms with van der Waals surface area (Å²) in [7, 11) is 0. The van der Waals surface area contributed by atoms with E-state index in [1.54, 1.807) is 0 Å². The van der Waals surface area contributed by atoms with Crippen LogP contribution >= 0.6 is 0 Å². The Kier molecular flexibility index (Phi) is 5.23. The number of rotatable bonds is 3. The van der Waals surface area contributed by atoms with Crippen molar-refractivity contribution < 1.29 is 0 Å². The molecule has 1 heterocycles. The lowest BCUT2D eigenvalue weighted by Crippen LogP contribution is -2.20. The highest BCUT2D eigenvalue weighted by Crippen LogP contribution is 2.49. The SMILES string of the molecule is C=C1c2ccccc2-c2cc(-c3ccc4cc(-c5ccccc5)ccc4c3)ccc2N1c1ccccc1C. The van der Waals surface area contributed by atoms with Crippen LogP contribution in [0.25, 0.3) is 49.9 Å². The van der Waals surface area contributed by atoms with Crippen LogP contribution in [-0.4, -0.2) is 0 Å². The molecule has 0 unspecified atom stereocenters. The molecule has 0 spiro atoms. The highest BCUT2D eigenvalue weighted by Gasteiger charge is 2.27. The molecule has 6 aromatic carbocycles. The minimum absolute atomic E-state index is 1.01. The Morgan fingerprint density at radius 2 is 1.03 bits per heavy atom. The molecule has 0 radical (unpaired) electrons. The molecule has 0 aromatic heterocycles. The maximum Gasteiger partial charge on any atom is 0.0540 e. The van der Waals surface area contributed by atoms with Gasteiger partial charge in [-0.05, 0) is 81.4 Å². The van der Waals surface area contributed by atoms with Crippen molar-refractivity contribution in [1.29, 1.82) is 0 Å². The first-order chi connectivity index (χ1) is 18.7. The van der Waals surface area contributed by atoms with Crippen LogP contribution in [0, 0.1) is 6.92 Å². The second-order valence-electron chi connectivity index (χ2n) is 9.99. The number of nitrogens with zero attached hydrogens (tertiary/aromatic N) is 1. The quantitative estimate of drug-likeness (QED) is 0.241. The molecule has 1 aliphatic rings. The van der Waals surface area contributed by atoms with Gasteiger partial charge in [0.1, 0.15) is 0 Å². The standard InChI is InChI=1S/C37H27N/c1-25-10-6-9-15-36(25)38-26(2)33-13-7-8-14-34(33)35-24-32(20-21-37(35)38)31-19-18-29-22-28(16-17-30(29)23-31)27-11-4-3-5-12-27/h3-24H,2H2,1H3. The van der Waals surface area contributed by atoms with E-state index in [9.17, 15) is 0 Å². The van der Waals surface area contributed by atoms with Crippen LogP contribution in [0.4, 0.5) is 11.4 Å². The van der Waals surface area contributed by atoms with Gasteiger partial charge in [0.2, 0.25) is 0 Å². The summed E-state index contributed by atoms with van der Waals surface area (Å²) in [6.07, 6.45) is 0. The van der Waals surface area contributed by atoms with Gasteiger partial charge in [-0.1, -0.05) is 110 Å². The molecule has 1 nitrogen and oxygen atoms in total. The summed E-state index contributed by atoms with van der Waals surface area (Å²) in [6.45, 7) is 6.69. The third-order valence-corrected chi connectivity index (χ3v) is 7.67. The van der Waals surface area contributed by atoms with Crippen LogP contribution in [-0.2, 0) is 0 Å². The normalized spacial score (nSPS) is 12.3. The minimum Gasteiger partial charge on any atom is -0.310 e. The average molecular weight is 486 g/mol. The molecule has 0 N–H and O–H groups in total. The lowest BCUT2D eigenvalue weighted by Gasteiger charge is -2.35. The van der Waals surface area contributed by atoms with E-state index in [-0.39, 0.29) is 0 Å². The maximum absolute atomic E-state index is 4.52. The van der Waals surface area contributed by atoms with E-state index in [4.69, 9.17) is 0 Å². The van der Waals surface area contributed by atoms with Gasteiger partial charge in [0.25, 0.3) is 0 Å². The molecule has 0 aliphatic carbocycles. The van der Waals surface area contributed by atoms with Crippen molar-refractivity contribution in [1.82, 2.24) is 0 Å². The number of anilines is 2. The number of para-hydroxylation sites is 1. The number of fused-ring (bicyclic) bond motifs is 4. The number of aryl methyl sites for hydroxylation is 1. The molecule has 0 bridgehead atoms. The monoisotopic (exact) mass is 485 g/mol. The largest absolute Gasteiger partial charge is 0.310 e. The van der Waals surface area contributed by atoms with Gasteiger partial charge in [-0.2, -0.15) is 0 Å². The van der Waals surface area contributed by atoms with E-state index < -0.39 is 0 Å². The summed E-state index contributed by atoms with van der Waals surface area (Å²) < 4.78 is 0. The van der Waals surface area contributed by atoms with Crippen molar-refractivity contribution in [2.24, 2.45) is 0 Å². The molecule has 7 rings (SSSR count). The second-order valence-corrected chi connectivity index (χ2v) is 9.99. The van der Waals surface area contributed by atoms with Gasteiger partial charge >= 0.3 is 0 Å². The first kappa shape index (κ1) is 22.3. The third-order valence-electron chi connectivity index (χ3n) is 7.67. The van der Waals surface area contributed by atoms with E-state index in [2.05, 4.69) is 152 Å². The van der Waals surface area contributed by atoms with Crippen molar-refractivity contribution >= 4 is 27.8 Å². The Morgan fingerprint density at radius 3 is 1.76 bits per heavy atom. The lowest BCUT2D eigenvalue weighted by molar-refractivity contribution is 1.24. The van der Waals surface area contributed by atoms with E-state index in [0.717, 1.165) is 5.70 Å². The summed E-state index contributed by atoms with van der Waals surface area (Å²) in [5.41, 5.74) is 13.1. The maximum atomic E-state index is 4.52. The second kappa shape index (κ2) is 8.90. The van der Waals surface area contributed by atoms with Crippen LogP contribution in [0.2, 0.25) is 0 Å². The number of hydrogen-bond donors (Lipinski definition) is 0. The Labute approximate surface area is 224 Å². The molecule has 0 atom stereocenters.